The Hall–Kier alpha value is -0.930. The molecule has 0 saturated carbocycles. The van der Waals surface area contributed by atoms with E-state index in [-0.39, 0.29) is 5.82 Å². The van der Waals surface area contributed by atoms with Crippen molar-refractivity contribution in [2.45, 2.75) is 39.3 Å². The van der Waals surface area contributed by atoms with Gasteiger partial charge in [-0.1, -0.05) is 12.1 Å². The standard InChI is InChI=1S/C15H25FN2/c1-13(2)18(3)11-5-4-10-17-12-14-6-8-15(16)9-7-14/h6-9,13,17H,4-5,10-12H2,1-3H3. The van der Waals surface area contributed by atoms with Gasteiger partial charge in [0.15, 0.2) is 0 Å². The van der Waals surface area contributed by atoms with E-state index in [1.165, 1.54) is 25.0 Å². The molecule has 0 aliphatic heterocycles. The smallest absolute Gasteiger partial charge is 0.123 e. The third-order valence-corrected chi connectivity index (χ3v) is 3.24. The average molecular weight is 252 g/mol. The van der Waals surface area contributed by atoms with Gasteiger partial charge in [0.2, 0.25) is 0 Å². The molecular weight excluding hydrogens is 227 g/mol. The third kappa shape index (κ3) is 6.12. The van der Waals surface area contributed by atoms with Crippen molar-refractivity contribution < 1.29 is 4.39 Å². The number of hydrogen-bond acceptors (Lipinski definition) is 2. The lowest BCUT2D eigenvalue weighted by molar-refractivity contribution is 0.268. The molecule has 0 unspecified atom stereocenters. The molecule has 0 atom stereocenters. The van der Waals surface area contributed by atoms with Crippen molar-refractivity contribution in [1.29, 1.82) is 0 Å². The molecule has 1 aromatic carbocycles. The van der Waals surface area contributed by atoms with E-state index < -0.39 is 0 Å². The second kappa shape index (κ2) is 8.22. The van der Waals surface area contributed by atoms with Gasteiger partial charge in [-0.2, -0.15) is 0 Å². The van der Waals surface area contributed by atoms with E-state index in [1.54, 1.807) is 0 Å². The predicted octanol–water partition coefficient (Wildman–Crippen LogP) is 3.04. The quantitative estimate of drug-likeness (QED) is 0.715. The molecule has 0 amide bonds. The largest absolute Gasteiger partial charge is 0.313 e. The highest BCUT2D eigenvalue weighted by molar-refractivity contribution is 5.15. The summed E-state index contributed by atoms with van der Waals surface area (Å²) >= 11 is 0. The molecule has 0 aromatic heterocycles. The van der Waals surface area contributed by atoms with E-state index in [4.69, 9.17) is 0 Å². The van der Waals surface area contributed by atoms with Gasteiger partial charge in [0.05, 0.1) is 0 Å². The molecule has 0 bridgehead atoms. The first kappa shape index (κ1) is 15.1. The van der Waals surface area contributed by atoms with Crippen molar-refractivity contribution in [3.63, 3.8) is 0 Å². The summed E-state index contributed by atoms with van der Waals surface area (Å²) < 4.78 is 12.7. The van der Waals surface area contributed by atoms with Crippen LogP contribution in [0.1, 0.15) is 32.3 Å². The van der Waals surface area contributed by atoms with Crippen molar-refractivity contribution >= 4 is 0 Å². The molecule has 1 rings (SSSR count). The fraction of sp³-hybridized carbons (Fsp3) is 0.600. The van der Waals surface area contributed by atoms with Crippen LogP contribution in [-0.2, 0) is 6.54 Å². The predicted molar refractivity (Wildman–Crippen MR) is 75.1 cm³/mol. The van der Waals surface area contributed by atoms with Gasteiger partial charge in [-0.3, -0.25) is 0 Å². The van der Waals surface area contributed by atoms with Gasteiger partial charge in [-0.25, -0.2) is 4.39 Å². The molecule has 0 saturated heterocycles. The number of benzene rings is 1. The average Bonchev–Trinajstić information content (AvgIpc) is 2.35. The molecule has 0 radical (unpaired) electrons. The molecule has 3 heteroatoms. The molecule has 0 aliphatic rings. The fourth-order valence-corrected chi connectivity index (χ4v) is 1.70. The lowest BCUT2D eigenvalue weighted by atomic mass is 10.2. The van der Waals surface area contributed by atoms with Gasteiger partial charge in [-0.15, -0.1) is 0 Å². The molecule has 18 heavy (non-hydrogen) atoms. The van der Waals surface area contributed by atoms with Crippen molar-refractivity contribution in [3.05, 3.63) is 35.6 Å². The second-order valence-corrected chi connectivity index (χ2v) is 5.08. The van der Waals surface area contributed by atoms with Gasteiger partial charge in [0, 0.05) is 12.6 Å². The van der Waals surface area contributed by atoms with Crippen LogP contribution >= 0.6 is 0 Å². The molecule has 0 heterocycles. The van der Waals surface area contributed by atoms with Gasteiger partial charge >= 0.3 is 0 Å². The fourth-order valence-electron chi connectivity index (χ4n) is 1.70. The summed E-state index contributed by atoms with van der Waals surface area (Å²) in [7, 11) is 2.16. The summed E-state index contributed by atoms with van der Waals surface area (Å²) in [4.78, 5) is 2.36. The van der Waals surface area contributed by atoms with Crippen molar-refractivity contribution in [2.75, 3.05) is 20.1 Å². The number of unbranched alkanes of at least 4 members (excludes halogenated alkanes) is 1. The number of halogens is 1. The Kier molecular flexibility index (Phi) is 6.91. The highest BCUT2D eigenvalue weighted by Crippen LogP contribution is 2.02. The van der Waals surface area contributed by atoms with E-state index >= 15 is 0 Å². The van der Waals surface area contributed by atoms with E-state index in [2.05, 4.69) is 31.1 Å². The lowest BCUT2D eigenvalue weighted by Gasteiger charge is -2.20. The lowest BCUT2D eigenvalue weighted by Crippen LogP contribution is -2.27. The zero-order valence-corrected chi connectivity index (χ0v) is 11.7. The van der Waals surface area contributed by atoms with E-state index in [0.717, 1.165) is 25.2 Å². The number of rotatable bonds is 8. The molecular formula is C15H25FN2. The monoisotopic (exact) mass is 252 g/mol. The molecule has 102 valence electrons. The minimum absolute atomic E-state index is 0.171. The van der Waals surface area contributed by atoms with E-state index in [1.807, 2.05) is 12.1 Å². The summed E-state index contributed by atoms with van der Waals surface area (Å²) in [5.41, 5.74) is 1.13. The molecule has 1 aromatic rings. The van der Waals surface area contributed by atoms with Crippen LogP contribution in [0.5, 0.6) is 0 Å². The van der Waals surface area contributed by atoms with Gasteiger partial charge in [0.1, 0.15) is 5.82 Å². The topological polar surface area (TPSA) is 15.3 Å². The van der Waals surface area contributed by atoms with Crippen LogP contribution in [-0.4, -0.2) is 31.1 Å². The Morgan fingerprint density at radius 3 is 2.44 bits per heavy atom. The summed E-state index contributed by atoms with van der Waals surface area (Å²) in [6.45, 7) is 7.42. The Morgan fingerprint density at radius 2 is 1.83 bits per heavy atom. The number of hydrogen-bond donors (Lipinski definition) is 1. The molecule has 0 fully saturated rings. The maximum atomic E-state index is 12.7. The van der Waals surface area contributed by atoms with Crippen LogP contribution in [0.3, 0.4) is 0 Å². The van der Waals surface area contributed by atoms with E-state index in [0.29, 0.717) is 6.04 Å². The summed E-state index contributed by atoms with van der Waals surface area (Å²) in [6.07, 6.45) is 2.39. The van der Waals surface area contributed by atoms with Crippen LogP contribution < -0.4 is 5.32 Å². The Labute approximate surface area is 110 Å². The van der Waals surface area contributed by atoms with Crippen molar-refractivity contribution in [1.82, 2.24) is 10.2 Å². The first-order chi connectivity index (χ1) is 8.59. The van der Waals surface area contributed by atoms with Crippen molar-refractivity contribution in [2.24, 2.45) is 0 Å². The summed E-state index contributed by atoms with van der Waals surface area (Å²) in [6, 6.07) is 7.30. The van der Waals surface area contributed by atoms with Crippen LogP contribution in [0.2, 0.25) is 0 Å². The van der Waals surface area contributed by atoms with Gasteiger partial charge < -0.3 is 10.2 Å². The Bertz CT molecular complexity index is 322. The van der Waals surface area contributed by atoms with Crippen LogP contribution in [0.4, 0.5) is 4.39 Å². The number of nitrogens with zero attached hydrogens (tertiary/aromatic N) is 1. The first-order valence-electron chi connectivity index (χ1n) is 6.75. The first-order valence-corrected chi connectivity index (χ1v) is 6.75. The highest BCUT2D eigenvalue weighted by atomic mass is 19.1. The molecule has 0 aliphatic carbocycles. The van der Waals surface area contributed by atoms with Gasteiger partial charge in [0.25, 0.3) is 0 Å². The van der Waals surface area contributed by atoms with Gasteiger partial charge in [-0.05, 0) is 64.5 Å². The van der Waals surface area contributed by atoms with E-state index in [9.17, 15) is 4.39 Å². The minimum Gasteiger partial charge on any atom is -0.313 e. The minimum atomic E-state index is -0.171. The molecule has 0 spiro atoms. The van der Waals surface area contributed by atoms with Crippen LogP contribution in [0.25, 0.3) is 0 Å². The third-order valence-electron chi connectivity index (χ3n) is 3.24. The molecule has 2 nitrogen and oxygen atoms in total. The maximum Gasteiger partial charge on any atom is 0.123 e. The SMILES string of the molecule is CC(C)N(C)CCCCNCc1ccc(F)cc1. The second-order valence-electron chi connectivity index (χ2n) is 5.08. The molecule has 1 N–H and O–H groups in total. The van der Waals surface area contributed by atoms with Crippen LogP contribution in [0, 0.1) is 5.82 Å². The Balaban J connectivity index is 2.03. The highest BCUT2D eigenvalue weighted by Gasteiger charge is 2.01. The zero-order chi connectivity index (χ0) is 13.4. The summed E-state index contributed by atoms with van der Waals surface area (Å²) in [5, 5.41) is 3.38. The summed E-state index contributed by atoms with van der Waals surface area (Å²) in [5.74, 6) is -0.171. The normalized spacial score (nSPS) is 11.4. The van der Waals surface area contributed by atoms with Crippen molar-refractivity contribution in [3.8, 4) is 0 Å². The van der Waals surface area contributed by atoms with Crippen LogP contribution in [0.15, 0.2) is 24.3 Å². The zero-order valence-electron chi connectivity index (χ0n) is 11.7. The maximum absolute atomic E-state index is 12.7. The number of nitrogens with one attached hydrogen (secondary N) is 1. The Morgan fingerprint density at radius 1 is 1.17 bits per heavy atom.